The van der Waals surface area contributed by atoms with Crippen molar-refractivity contribution in [3.63, 3.8) is 0 Å². The molecule has 2 aromatic rings. The molecule has 0 fully saturated rings. The molecule has 0 saturated carbocycles. The third-order valence-electron chi connectivity index (χ3n) is 5.01. The molecular weight excluding hydrogens is 362 g/mol. The first-order chi connectivity index (χ1) is 13.0. The van der Waals surface area contributed by atoms with E-state index in [-0.39, 0.29) is 17.7 Å². The lowest BCUT2D eigenvalue weighted by Gasteiger charge is -2.38. The lowest BCUT2D eigenvalue weighted by molar-refractivity contribution is 0.499. The topological polar surface area (TPSA) is 24.1 Å². The Labute approximate surface area is 163 Å². The van der Waals surface area contributed by atoms with Gasteiger partial charge in [-0.3, -0.25) is 0 Å². The van der Waals surface area contributed by atoms with Crippen molar-refractivity contribution < 1.29 is 8.78 Å². The van der Waals surface area contributed by atoms with Gasteiger partial charge in [0.25, 0.3) is 0 Å². The van der Waals surface area contributed by atoms with Gasteiger partial charge in [0.1, 0.15) is 11.6 Å². The maximum atomic E-state index is 13.8. The summed E-state index contributed by atoms with van der Waals surface area (Å²) >= 11 is 5.41. The van der Waals surface area contributed by atoms with Gasteiger partial charge >= 0.3 is 0 Å². The molecule has 0 spiro atoms. The molecule has 0 bridgehead atoms. The zero-order chi connectivity index (χ0) is 19.0. The van der Waals surface area contributed by atoms with Crippen LogP contribution in [0.2, 0.25) is 0 Å². The molecule has 0 aromatic heterocycles. The van der Waals surface area contributed by atoms with Crippen LogP contribution < -0.4 is 10.6 Å². The Morgan fingerprint density at radius 1 is 1.04 bits per heavy atom. The van der Waals surface area contributed by atoms with Crippen LogP contribution in [0.25, 0.3) is 6.08 Å². The predicted molar refractivity (Wildman–Crippen MR) is 108 cm³/mol. The molecular formula is C22H20F2N2S. The van der Waals surface area contributed by atoms with Gasteiger partial charge in [-0.05, 0) is 83.6 Å². The van der Waals surface area contributed by atoms with Crippen LogP contribution in [-0.4, -0.2) is 5.11 Å². The summed E-state index contributed by atoms with van der Waals surface area (Å²) in [6.07, 6.45) is 3.78. The average Bonchev–Trinajstić information content (AvgIpc) is 2.62. The van der Waals surface area contributed by atoms with Gasteiger partial charge in [-0.1, -0.05) is 31.2 Å². The normalized spacial score (nSPS) is 23.7. The molecule has 2 atom stereocenters. The first kappa shape index (κ1) is 17.9. The van der Waals surface area contributed by atoms with E-state index in [0.29, 0.717) is 11.0 Å². The number of thiocarbonyl (C=S) groups is 1. The van der Waals surface area contributed by atoms with E-state index in [2.05, 4.69) is 17.6 Å². The van der Waals surface area contributed by atoms with Crippen molar-refractivity contribution in [2.24, 2.45) is 5.92 Å². The fourth-order valence-electron chi connectivity index (χ4n) is 3.92. The molecule has 1 aliphatic carbocycles. The second kappa shape index (κ2) is 7.24. The number of hydrogen-bond donors (Lipinski definition) is 2. The van der Waals surface area contributed by atoms with Crippen molar-refractivity contribution in [1.82, 2.24) is 10.6 Å². The van der Waals surface area contributed by atoms with Crippen molar-refractivity contribution in [2.75, 3.05) is 0 Å². The minimum Gasteiger partial charge on any atom is -0.352 e. The van der Waals surface area contributed by atoms with Crippen LogP contribution in [0.4, 0.5) is 8.78 Å². The van der Waals surface area contributed by atoms with Gasteiger partial charge in [-0.2, -0.15) is 0 Å². The molecule has 2 aromatic carbocycles. The average molecular weight is 382 g/mol. The van der Waals surface area contributed by atoms with Crippen LogP contribution in [0.1, 0.15) is 36.9 Å². The van der Waals surface area contributed by atoms with Gasteiger partial charge in [-0.15, -0.1) is 0 Å². The Morgan fingerprint density at radius 3 is 2.52 bits per heavy atom. The van der Waals surface area contributed by atoms with Crippen LogP contribution in [0.5, 0.6) is 0 Å². The molecule has 2 N–H and O–H groups in total. The molecule has 1 aliphatic heterocycles. The summed E-state index contributed by atoms with van der Waals surface area (Å²) in [5, 5.41) is 7.08. The van der Waals surface area contributed by atoms with Gasteiger partial charge < -0.3 is 10.6 Å². The molecule has 5 heteroatoms. The van der Waals surface area contributed by atoms with Crippen LogP contribution in [0, 0.1) is 17.6 Å². The predicted octanol–water partition coefficient (Wildman–Crippen LogP) is 5.25. The Morgan fingerprint density at radius 2 is 1.78 bits per heavy atom. The highest BCUT2D eigenvalue weighted by Gasteiger charge is 2.32. The van der Waals surface area contributed by atoms with Crippen LogP contribution >= 0.6 is 12.2 Å². The fourth-order valence-corrected chi connectivity index (χ4v) is 4.14. The first-order valence-electron chi connectivity index (χ1n) is 9.02. The summed E-state index contributed by atoms with van der Waals surface area (Å²) in [7, 11) is 0. The van der Waals surface area contributed by atoms with Crippen molar-refractivity contribution in [1.29, 1.82) is 0 Å². The van der Waals surface area contributed by atoms with E-state index in [1.807, 2.05) is 18.2 Å². The van der Waals surface area contributed by atoms with E-state index in [1.54, 1.807) is 18.2 Å². The minimum atomic E-state index is -0.264. The van der Waals surface area contributed by atoms with E-state index in [4.69, 9.17) is 12.2 Å². The van der Waals surface area contributed by atoms with Crippen molar-refractivity contribution >= 4 is 23.4 Å². The Hall–Kier alpha value is -2.53. The highest BCUT2D eigenvalue weighted by Crippen LogP contribution is 2.41. The maximum absolute atomic E-state index is 13.8. The number of rotatable bonds is 2. The number of halogens is 2. The molecule has 2 aliphatic rings. The molecule has 2 nitrogen and oxygen atoms in total. The molecule has 0 radical (unpaired) electrons. The second-order valence-corrected chi connectivity index (χ2v) is 7.63. The number of nitrogens with one attached hydrogen (secondary N) is 2. The summed E-state index contributed by atoms with van der Waals surface area (Å²) < 4.78 is 27.4. The van der Waals surface area contributed by atoms with E-state index in [0.717, 1.165) is 40.8 Å². The van der Waals surface area contributed by atoms with Gasteiger partial charge in [0.15, 0.2) is 5.11 Å². The lowest BCUT2D eigenvalue weighted by Crippen LogP contribution is -2.45. The summed E-state index contributed by atoms with van der Waals surface area (Å²) in [5.41, 5.74) is 4.91. The standard InChI is InChI=1S/C22H20F2N2S/c1-13-8-16(10-14-4-2-6-17(23)11-14)21-19(9-13)20(25-22(27)26-21)15-5-3-7-18(24)12-15/h2-7,10-13,20H,8-9H2,1H3,(H2,25,26,27)/b16-10+/t13-,20-/m1/s1. The SMILES string of the molecule is C[C@H]1CC2=C(NC(=S)N[C@@H]2c2cccc(F)c2)/C(=C/c2cccc(F)c2)C1. The van der Waals surface area contributed by atoms with Crippen LogP contribution in [0.15, 0.2) is 65.4 Å². The zero-order valence-electron chi connectivity index (χ0n) is 14.9. The fraction of sp³-hybridized carbons (Fsp3) is 0.227. The van der Waals surface area contributed by atoms with Gasteiger partial charge in [-0.25, -0.2) is 8.78 Å². The van der Waals surface area contributed by atoms with Crippen LogP contribution in [-0.2, 0) is 0 Å². The van der Waals surface area contributed by atoms with Crippen molar-refractivity contribution in [2.45, 2.75) is 25.8 Å². The van der Waals surface area contributed by atoms with Crippen molar-refractivity contribution in [3.05, 3.63) is 88.1 Å². The monoisotopic (exact) mass is 382 g/mol. The third kappa shape index (κ3) is 3.78. The van der Waals surface area contributed by atoms with E-state index >= 15 is 0 Å². The Balaban J connectivity index is 1.81. The number of allylic oxidation sites excluding steroid dienone is 1. The largest absolute Gasteiger partial charge is 0.352 e. The van der Waals surface area contributed by atoms with E-state index in [1.165, 1.54) is 18.2 Å². The summed E-state index contributed by atoms with van der Waals surface area (Å²) in [4.78, 5) is 0. The lowest BCUT2D eigenvalue weighted by atomic mass is 9.78. The summed E-state index contributed by atoms with van der Waals surface area (Å²) in [6, 6.07) is 13.0. The summed E-state index contributed by atoms with van der Waals surface area (Å²) in [5.74, 6) is -0.0935. The molecule has 0 unspecified atom stereocenters. The van der Waals surface area contributed by atoms with Crippen LogP contribution in [0.3, 0.4) is 0 Å². The third-order valence-corrected chi connectivity index (χ3v) is 5.23. The highest BCUT2D eigenvalue weighted by molar-refractivity contribution is 7.80. The van der Waals surface area contributed by atoms with Gasteiger partial charge in [0.2, 0.25) is 0 Å². The Kier molecular flexibility index (Phi) is 4.79. The van der Waals surface area contributed by atoms with Gasteiger partial charge in [0, 0.05) is 5.70 Å². The van der Waals surface area contributed by atoms with Crippen molar-refractivity contribution in [3.8, 4) is 0 Å². The zero-order valence-corrected chi connectivity index (χ0v) is 15.7. The van der Waals surface area contributed by atoms with E-state index < -0.39 is 0 Å². The maximum Gasteiger partial charge on any atom is 0.171 e. The smallest absolute Gasteiger partial charge is 0.171 e. The van der Waals surface area contributed by atoms with E-state index in [9.17, 15) is 8.78 Å². The second-order valence-electron chi connectivity index (χ2n) is 7.22. The quantitative estimate of drug-likeness (QED) is 0.694. The molecule has 1 heterocycles. The molecule has 0 saturated heterocycles. The molecule has 138 valence electrons. The number of benzene rings is 2. The minimum absolute atomic E-state index is 0.164. The number of hydrogen-bond acceptors (Lipinski definition) is 1. The Bertz CT molecular complexity index is 964. The first-order valence-corrected chi connectivity index (χ1v) is 9.43. The van der Waals surface area contributed by atoms with Gasteiger partial charge in [0.05, 0.1) is 6.04 Å². The molecule has 4 rings (SSSR count). The molecule has 0 amide bonds. The molecule has 27 heavy (non-hydrogen) atoms. The highest BCUT2D eigenvalue weighted by atomic mass is 32.1. The summed E-state index contributed by atoms with van der Waals surface area (Å²) in [6.45, 7) is 2.19.